The van der Waals surface area contributed by atoms with E-state index in [2.05, 4.69) is 16.6 Å². The Labute approximate surface area is 109 Å². The van der Waals surface area contributed by atoms with Gasteiger partial charge in [0.05, 0.1) is 18.5 Å². The summed E-state index contributed by atoms with van der Waals surface area (Å²) in [5.41, 5.74) is 0.316. The van der Waals surface area contributed by atoms with Gasteiger partial charge in [0.25, 0.3) is 11.6 Å². The fourth-order valence-electron chi connectivity index (χ4n) is 1.26. The summed E-state index contributed by atoms with van der Waals surface area (Å²) in [6.45, 7) is 3.51. The minimum absolute atomic E-state index is 0.107. The van der Waals surface area contributed by atoms with E-state index < -0.39 is 16.8 Å². The smallest absolute Gasteiger partial charge is 0.311 e. The number of methoxy groups -OCH3 is 1. The first-order valence-corrected chi connectivity index (χ1v) is 5.24. The van der Waals surface area contributed by atoms with E-state index in [1.54, 1.807) is 0 Å². The number of nitro benzene ring substituents is 1. The maximum absolute atomic E-state index is 11.7. The van der Waals surface area contributed by atoms with Gasteiger partial charge in [-0.25, -0.2) is 0 Å². The Balaban J connectivity index is 2.65. The highest BCUT2D eigenvalue weighted by atomic mass is 16.6. The molecule has 1 amide bonds. The van der Waals surface area contributed by atoms with Crippen molar-refractivity contribution in [2.75, 3.05) is 7.11 Å². The zero-order valence-electron chi connectivity index (χ0n) is 10.2. The standard InChI is InChI=1S/C12H12N2O5/c1-8(7-11(15)19-2)13-12(16)9-3-5-10(6-4-9)14(17)18/h3-6H,1,7H2,2H3,(H,13,16). The highest BCUT2D eigenvalue weighted by molar-refractivity contribution is 5.95. The van der Waals surface area contributed by atoms with E-state index in [-0.39, 0.29) is 23.4 Å². The number of amides is 1. The van der Waals surface area contributed by atoms with Crippen LogP contribution in [-0.4, -0.2) is 23.9 Å². The van der Waals surface area contributed by atoms with Gasteiger partial charge >= 0.3 is 5.97 Å². The first kappa shape index (κ1) is 14.4. The molecule has 0 saturated carbocycles. The number of non-ortho nitro benzene ring substituents is 1. The van der Waals surface area contributed by atoms with E-state index in [1.165, 1.54) is 31.4 Å². The molecule has 0 atom stereocenters. The molecular formula is C12H12N2O5. The van der Waals surface area contributed by atoms with Crippen molar-refractivity contribution in [1.82, 2.24) is 5.32 Å². The molecule has 7 heteroatoms. The van der Waals surface area contributed by atoms with Gasteiger partial charge < -0.3 is 10.1 Å². The molecule has 0 aromatic heterocycles. The normalized spacial score (nSPS) is 9.53. The Morgan fingerprint density at radius 1 is 1.37 bits per heavy atom. The SMILES string of the molecule is C=C(CC(=O)OC)NC(=O)c1ccc([N+](=O)[O-])cc1. The van der Waals surface area contributed by atoms with E-state index in [9.17, 15) is 19.7 Å². The van der Waals surface area contributed by atoms with Crippen LogP contribution in [0.4, 0.5) is 5.69 Å². The maximum atomic E-state index is 11.7. The van der Waals surface area contributed by atoms with Crippen LogP contribution >= 0.6 is 0 Å². The lowest BCUT2D eigenvalue weighted by Gasteiger charge is -2.07. The third-order valence-corrected chi connectivity index (χ3v) is 2.22. The fourth-order valence-corrected chi connectivity index (χ4v) is 1.26. The average molecular weight is 264 g/mol. The Kier molecular flexibility index (Phi) is 4.76. The first-order valence-electron chi connectivity index (χ1n) is 5.24. The Morgan fingerprint density at radius 2 is 1.95 bits per heavy atom. The quantitative estimate of drug-likeness (QED) is 0.492. The van der Waals surface area contributed by atoms with Gasteiger partial charge in [-0.15, -0.1) is 0 Å². The molecule has 0 aliphatic carbocycles. The molecule has 0 fully saturated rings. The molecule has 0 spiro atoms. The zero-order chi connectivity index (χ0) is 14.4. The van der Waals surface area contributed by atoms with Gasteiger partial charge in [-0.1, -0.05) is 6.58 Å². The molecule has 1 rings (SSSR count). The van der Waals surface area contributed by atoms with E-state index >= 15 is 0 Å². The Bertz CT molecular complexity index is 521. The number of nitrogens with zero attached hydrogens (tertiary/aromatic N) is 1. The van der Waals surface area contributed by atoms with Crippen LogP contribution in [0.25, 0.3) is 0 Å². The summed E-state index contributed by atoms with van der Waals surface area (Å²) in [5.74, 6) is -1.02. The molecule has 7 nitrogen and oxygen atoms in total. The molecule has 1 aromatic rings. The molecule has 0 bridgehead atoms. The Morgan fingerprint density at radius 3 is 2.42 bits per heavy atom. The molecule has 19 heavy (non-hydrogen) atoms. The number of nitrogens with one attached hydrogen (secondary N) is 1. The number of nitro groups is 1. The van der Waals surface area contributed by atoms with Gasteiger partial charge in [0, 0.05) is 23.4 Å². The van der Waals surface area contributed by atoms with Gasteiger partial charge in [0.2, 0.25) is 0 Å². The number of esters is 1. The molecule has 0 saturated heterocycles. The third kappa shape index (κ3) is 4.23. The van der Waals surface area contributed by atoms with Gasteiger partial charge in [-0.2, -0.15) is 0 Å². The molecule has 0 aliphatic heterocycles. The van der Waals surface area contributed by atoms with Crippen molar-refractivity contribution in [2.45, 2.75) is 6.42 Å². The van der Waals surface area contributed by atoms with Crippen LogP contribution in [0.1, 0.15) is 16.8 Å². The van der Waals surface area contributed by atoms with E-state index in [1.807, 2.05) is 0 Å². The van der Waals surface area contributed by atoms with Gasteiger partial charge in [-0.05, 0) is 12.1 Å². The number of ether oxygens (including phenoxy) is 1. The number of benzene rings is 1. The van der Waals surface area contributed by atoms with Crippen LogP contribution in [0.2, 0.25) is 0 Å². The summed E-state index contributed by atoms with van der Waals surface area (Å²) in [6.07, 6.45) is -0.130. The topological polar surface area (TPSA) is 98.5 Å². The Hall–Kier alpha value is -2.70. The summed E-state index contributed by atoms with van der Waals surface area (Å²) in [6, 6.07) is 5.08. The minimum atomic E-state index is -0.558. The van der Waals surface area contributed by atoms with Gasteiger partial charge in [-0.3, -0.25) is 19.7 Å². The summed E-state index contributed by atoms with van der Waals surface area (Å²) >= 11 is 0. The van der Waals surface area contributed by atoms with Crippen LogP contribution in [0.15, 0.2) is 36.5 Å². The number of hydrogen-bond acceptors (Lipinski definition) is 5. The van der Waals surface area contributed by atoms with Crippen molar-refractivity contribution in [2.24, 2.45) is 0 Å². The predicted octanol–water partition coefficient (Wildman–Crippen LogP) is 1.40. The average Bonchev–Trinajstić information content (AvgIpc) is 2.38. The van der Waals surface area contributed by atoms with Crippen LogP contribution in [0, 0.1) is 10.1 Å². The van der Waals surface area contributed by atoms with Crippen LogP contribution in [0.3, 0.4) is 0 Å². The number of carbonyl (C=O) groups is 2. The summed E-state index contributed by atoms with van der Waals surface area (Å²) < 4.78 is 4.42. The van der Waals surface area contributed by atoms with E-state index in [4.69, 9.17) is 0 Å². The molecule has 0 unspecified atom stereocenters. The van der Waals surface area contributed by atoms with Crippen molar-refractivity contribution in [3.63, 3.8) is 0 Å². The molecular weight excluding hydrogens is 252 g/mol. The summed E-state index contributed by atoms with van der Waals surface area (Å²) in [5, 5.41) is 12.9. The highest BCUT2D eigenvalue weighted by Gasteiger charge is 2.11. The lowest BCUT2D eigenvalue weighted by Crippen LogP contribution is -2.23. The van der Waals surface area contributed by atoms with Crippen molar-refractivity contribution in [3.8, 4) is 0 Å². The molecule has 0 radical (unpaired) electrons. The minimum Gasteiger partial charge on any atom is -0.469 e. The maximum Gasteiger partial charge on any atom is 0.311 e. The van der Waals surface area contributed by atoms with Crippen LogP contribution < -0.4 is 5.32 Å². The lowest BCUT2D eigenvalue weighted by atomic mass is 10.2. The largest absolute Gasteiger partial charge is 0.469 e. The molecule has 1 aromatic carbocycles. The number of carbonyl (C=O) groups excluding carboxylic acids is 2. The molecule has 0 aliphatic rings. The lowest BCUT2D eigenvalue weighted by molar-refractivity contribution is -0.384. The fraction of sp³-hybridized carbons (Fsp3) is 0.167. The van der Waals surface area contributed by atoms with Crippen molar-refractivity contribution >= 4 is 17.6 Å². The van der Waals surface area contributed by atoms with E-state index in [0.717, 1.165) is 0 Å². The highest BCUT2D eigenvalue weighted by Crippen LogP contribution is 2.12. The van der Waals surface area contributed by atoms with Gasteiger partial charge in [0.1, 0.15) is 0 Å². The zero-order valence-corrected chi connectivity index (χ0v) is 10.2. The summed E-state index contributed by atoms with van der Waals surface area (Å²) in [4.78, 5) is 32.6. The van der Waals surface area contributed by atoms with E-state index in [0.29, 0.717) is 0 Å². The van der Waals surface area contributed by atoms with Crippen molar-refractivity contribution in [3.05, 3.63) is 52.2 Å². The van der Waals surface area contributed by atoms with Crippen LogP contribution in [-0.2, 0) is 9.53 Å². The second kappa shape index (κ2) is 6.29. The number of hydrogen-bond donors (Lipinski definition) is 1. The third-order valence-electron chi connectivity index (χ3n) is 2.22. The second-order valence-corrected chi connectivity index (χ2v) is 3.61. The molecule has 100 valence electrons. The first-order chi connectivity index (χ1) is 8.93. The monoisotopic (exact) mass is 264 g/mol. The predicted molar refractivity (Wildman–Crippen MR) is 66.3 cm³/mol. The molecule has 0 heterocycles. The van der Waals surface area contributed by atoms with Crippen LogP contribution in [0.5, 0.6) is 0 Å². The number of rotatable bonds is 5. The molecule has 1 N–H and O–H groups in total. The van der Waals surface area contributed by atoms with Crippen molar-refractivity contribution in [1.29, 1.82) is 0 Å². The summed E-state index contributed by atoms with van der Waals surface area (Å²) in [7, 11) is 1.23. The van der Waals surface area contributed by atoms with Crippen molar-refractivity contribution < 1.29 is 19.2 Å². The van der Waals surface area contributed by atoms with Gasteiger partial charge in [0.15, 0.2) is 0 Å². The second-order valence-electron chi connectivity index (χ2n) is 3.61.